The van der Waals surface area contributed by atoms with E-state index in [2.05, 4.69) is 301 Å². The van der Waals surface area contributed by atoms with Gasteiger partial charge in [-0.05, 0) is 200 Å². The highest BCUT2D eigenvalue weighted by Gasteiger charge is 2.21. The molecule has 0 N–H and O–H groups in total. The first-order chi connectivity index (χ1) is 42.1. The topological polar surface area (TPSA) is 14.8 Å². The van der Waals surface area contributed by atoms with E-state index >= 15 is 0 Å². The van der Waals surface area contributed by atoms with E-state index < -0.39 is 0 Å². The van der Waals surface area contributed by atoms with Gasteiger partial charge in [0, 0.05) is 49.4 Å². The molecule has 3 aromatic heterocycles. The van der Waals surface area contributed by atoms with Gasteiger partial charge < -0.3 is 13.7 Å². The highest BCUT2D eigenvalue weighted by atomic mass is 15.0. The van der Waals surface area contributed by atoms with Crippen LogP contribution in [0.2, 0.25) is 0 Å². The van der Waals surface area contributed by atoms with Gasteiger partial charge in [0.05, 0.1) is 33.1 Å². The van der Waals surface area contributed by atoms with Gasteiger partial charge >= 0.3 is 0 Å². The maximum atomic E-state index is 2.48. The van der Waals surface area contributed by atoms with Gasteiger partial charge in [-0.15, -0.1) is 0 Å². The molecule has 0 aliphatic rings. The van der Waals surface area contributed by atoms with Gasteiger partial charge in [0.15, 0.2) is 0 Å². The van der Waals surface area contributed by atoms with Crippen molar-refractivity contribution in [3.8, 4) is 61.6 Å². The number of para-hydroxylation sites is 2. The van der Waals surface area contributed by atoms with Crippen molar-refractivity contribution in [1.29, 1.82) is 0 Å². The van der Waals surface area contributed by atoms with Crippen LogP contribution in [0.5, 0.6) is 0 Å². The van der Waals surface area contributed by atoms with E-state index in [4.69, 9.17) is 0 Å². The van der Waals surface area contributed by atoms with E-state index in [-0.39, 0.29) is 0 Å². The number of aryl methyl sites for hydroxylation is 2. The Labute approximate surface area is 495 Å². The monoisotopic (exact) mass is 1090 g/mol. The van der Waals surface area contributed by atoms with Crippen molar-refractivity contribution in [2.75, 3.05) is 0 Å². The Bertz CT molecular complexity index is 4940. The lowest BCUT2D eigenvalue weighted by atomic mass is 9.86. The molecule has 0 amide bonds. The number of hydrogen-bond acceptors (Lipinski definition) is 0. The third-order valence-electron chi connectivity index (χ3n) is 18.2. The summed E-state index contributed by atoms with van der Waals surface area (Å²) < 4.78 is 7.35. The van der Waals surface area contributed by atoms with Crippen LogP contribution in [0.1, 0.15) is 50.7 Å². The summed E-state index contributed by atoms with van der Waals surface area (Å²) in [6.07, 6.45) is 7.03. The third-order valence-corrected chi connectivity index (χ3v) is 18.2. The summed E-state index contributed by atoms with van der Waals surface area (Å²) in [4.78, 5) is 0. The van der Waals surface area contributed by atoms with Crippen molar-refractivity contribution in [2.24, 2.45) is 0 Å². The van der Waals surface area contributed by atoms with Gasteiger partial charge in [-0.1, -0.05) is 203 Å². The average Bonchev–Trinajstić information content (AvgIpc) is 2.49. The Morgan fingerprint density at radius 2 is 0.494 bits per heavy atom. The summed E-state index contributed by atoms with van der Waals surface area (Å²) in [5.74, 6) is 0. The molecule has 16 aromatic rings. The van der Waals surface area contributed by atoms with Crippen LogP contribution in [0.25, 0.3) is 149 Å². The maximum absolute atomic E-state index is 2.48. The number of aromatic nitrogens is 3. The van der Waals surface area contributed by atoms with Crippen molar-refractivity contribution < 1.29 is 0 Å². The molecule has 0 bridgehead atoms. The van der Waals surface area contributed by atoms with E-state index in [1.54, 1.807) is 0 Å². The molecule has 0 spiro atoms. The van der Waals surface area contributed by atoms with Gasteiger partial charge in [-0.3, -0.25) is 0 Å². The number of fused-ring (bicyclic) bond motifs is 11. The fourth-order valence-corrected chi connectivity index (χ4v) is 14.0. The smallest absolute Gasteiger partial charge is 0.0541 e. The molecule has 85 heavy (non-hydrogen) atoms. The predicted octanol–water partition coefficient (Wildman–Crippen LogP) is 22.6. The second-order valence-electron chi connectivity index (χ2n) is 23.3. The van der Waals surface area contributed by atoms with Crippen molar-refractivity contribution in [2.45, 2.75) is 52.4 Å². The van der Waals surface area contributed by atoms with E-state index in [1.807, 2.05) is 0 Å². The van der Waals surface area contributed by atoms with Crippen LogP contribution in [-0.2, 0) is 12.8 Å². The van der Waals surface area contributed by atoms with Gasteiger partial charge in [0.2, 0.25) is 0 Å². The third kappa shape index (κ3) is 8.48. The number of nitrogens with zero attached hydrogens (tertiary/aromatic N) is 3. The zero-order valence-corrected chi connectivity index (χ0v) is 48.1. The molecule has 0 saturated heterocycles. The summed E-state index contributed by atoms with van der Waals surface area (Å²) in [5.41, 5.74) is 23.3. The summed E-state index contributed by atoms with van der Waals surface area (Å²) in [7, 11) is 0. The molecule has 3 heterocycles. The molecule has 13 aromatic carbocycles. The van der Waals surface area contributed by atoms with Crippen LogP contribution in [-0.4, -0.2) is 13.7 Å². The molecule has 3 nitrogen and oxygen atoms in total. The highest BCUT2D eigenvalue weighted by Crippen LogP contribution is 2.46. The number of benzene rings is 13. The van der Waals surface area contributed by atoms with Crippen molar-refractivity contribution in [3.05, 3.63) is 284 Å². The molecule has 0 aliphatic heterocycles. The van der Waals surface area contributed by atoms with Crippen LogP contribution in [0, 0.1) is 0 Å². The van der Waals surface area contributed by atoms with Crippen LogP contribution < -0.4 is 0 Å². The van der Waals surface area contributed by atoms with Crippen molar-refractivity contribution >= 4 is 87.0 Å². The van der Waals surface area contributed by atoms with Crippen LogP contribution in [0.4, 0.5) is 0 Å². The molecule has 16 rings (SSSR count). The molecule has 0 saturated carbocycles. The lowest BCUT2D eigenvalue weighted by Crippen LogP contribution is -1.95. The Morgan fingerprint density at radius 1 is 0.224 bits per heavy atom. The first-order valence-corrected chi connectivity index (χ1v) is 30.5. The van der Waals surface area contributed by atoms with E-state index in [0.717, 1.165) is 18.5 Å². The lowest BCUT2D eigenvalue weighted by molar-refractivity contribution is 0.795. The molecule has 0 atom stereocenters. The number of unbranched alkanes of at least 4 members (excludes halogenated alkanes) is 2. The normalized spacial score (nSPS) is 11.9. The second kappa shape index (κ2) is 20.9. The lowest BCUT2D eigenvalue weighted by Gasteiger charge is -2.18. The summed E-state index contributed by atoms with van der Waals surface area (Å²) in [6.45, 7) is 4.53. The maximum Gasteiger partial charge on any atom is 0.0541 e. The Hall–Kier alpha value is -10.2. The predicted molar refractivity (Wildman–Crippen MR) is 363 cm³/mol. The van der Waals surface area contributed by atoms with Crippen LogP contribution in [0.15, 0.2) is 273 Å². The molecule has 0 aliphatic carbocycles. The second-order valence-corrected chi connectivity index (χ2v) is 23.3. The van der Waals surface area contributed by atoms with Gasteiger partial charge in [-0.25, -0.2) is 0 Å². The first kappa shape index (κ1) is 50.5. The minimum atomic E-state index is 1.11. The fourth-order valence-electron chi connectivity index (χ4n) is 14.0. The quantitative estimate of drug-likeness (QED) is 0.102. The van der Waals surface area contributed by atoms with Gasteiger partial charge in [0.1, 0.15) is 0 Å². The largest absolute Gasteiger partial charge is 0.309 e. The first-order valence-electron chi connectivity index (χ1n) is 30.5. The molecular weight excluding hydrogens is 1030 g/mol. The summed E-state index contributed by atoms with van der Waals surface area (Å²) >= 11 is 0. The highest BCUT2D eigenvalue weighted by molar-refractivity contribution is 6.22. The van der Waals surface area contributed by atoms with Crippen LogP contribution >= 0.6 is 0 Å². The molecule has 3 heteroatoms. The Balaban J connectivity index is 0.853. The SMILES string of the molecule is CCCCc1ccc(-n2c3ccccc3c3cc(-c4ccc5c(c4)c4cc(-c6ccc7c(c6)c6ccccc6n7-c6ccc(CCCC)cc6)ccc4n5-c4ccc(-c5c6ccccc6c(-c6ccccc6)c6ccccc56)cc4)ccc32)cc1. The van der Waals surface area contributed by atoms with Gasteiger partial charge in [-0.2, -0.15) is 0 Å². The molecule has 0 unspecified atom stereocenters. The van der Waals surface area contributed by atoms with E-state index in [1.165, 1.54) is 180 Å². The minimum Gasteiger partial charge on any atom is -0.309 e. The van der Waals surface area contributed by atoms with Crippen molar-refractivity contribution in [1.82, 2.24) is 13.7 Å². The summed E-state index contributed by atoms with van der Waals surface area (Å²) in [6, 6.07) is 103. The van der Waals surface area contributed by atoms with Gasteiger partial charge in [0.25, 0.3) is 0 Å². The Morgan fingerprint density at radius 3 is 0.847 bits per heavy atom. The standard InChI is InChI=1S/C82H63N3/c1-3-5-18-54-30-40-62(41-31-54)83-75-28-16-14-22-65(75)71-50-58(36-46-77(71)83)60-38-48-79-73(52-60)74-53-61(59-37-47-78-72(51-59)66-23-15-17-29-76(66)84(78)63-42-32-55(33-43-63)19-6-4-2)39-49-80(74)85(79)64-44-34-57(35-45-64)82-69-26-12-10-24-67(69)81(56-20-8-7-9-21-56)68-25-11-13-27-70(68)82/h7-17,20-53H,3-6,18-19H2,1-2H3. The minimum absolute atomic E-state index is 1.11. The van der Waals surface area contributed by atoms with Crippen molar-refractivity contribution in [3.63, 3.8) is 0 Å². The molecule has 0 fully saturated rings. The zero-order valence-electron chi connectivity index (χ0n) is 48.1. The zero-order chi connectivity index (χ0) is 56.5. The van der Waals surface area contributed by atoms with E-state index in [9.17, 15) is 0 Å². The number of hydrogen-bond donors (Lipinski definition) is 0. The molecule has 406 valence electrons. The van der Waals surface area contributed by atoms with Crippen LogP contribution in [0.3, 0.4) is 0 Å². The fraction of sp³-hybridized carbons (Fsp3) is 0.0976. The molecule has 0 radical (unpaired) electrons. The molecular formula is C82H63N3. The average molecular weight is 1090 g/mol. The van der Waals surface area contributed by atoms with E-state index in [0.29, 0.717) is 0 Å². The summed E-state index contributed by atoms with van der Waals surface area (Å²) in [5, 5.41) is 12.5. The Kier molecular flexibility index (Phi) is 12.4. The number of rotatable bonds is 13.